The Bertz CT molecular complexity index is 1020. The highest BCUT2D eigenvalue weighted by Crippen LogP contribution is 2.19. The number of rotatable bonds is 11. The van der Waals surface area contributed by atoms with Gasteiger partial charge in [0.1, 0.15) is 12.6 Å². The maximum absolute atomic E-state index is 13.5. The van der Waals surface area contributed by atoms with Crippen LogP contribution in [0.25, 0.3) is 0 Å². The lowest BCUT2D eigenvalue weighted by atomic mass is 10.1. The van der Waals surface area contributed by atoms with Gasteiger partial charge in [-0.15, -0.1) is 0 Å². The van der Waals surface area contributed by atoms with Crippen LogP contribution in [0.3, 0.4) is 0 Å². The molecule has 2 amide bonds. The predicted molar refractivity (Wildman–Crippen MR) is 132 cm³/mol. The molecule has 2 atom stereocenters. The topological polar surface area (TPSA) is 86.8 Å². The number of nitrogens with zero attached hydrogens (tertiary/aromatic N) is 2. The summed E-state index contributed by atoms with van der Waals surface area (Å²) < 4.78 is 26.1. The average molecular weight is 474 g/mol. The van der Waals surface area contributed by atoms with E-state index in [1.54, 1.807) is 30.3 Å². The van der Waals surface area contributed by atoms with Gasteiger partial charge in [0.2, 0.25) is 21.8 Å². The Balaban J connectivity index is 2.40. The van der Waals surface area contributed by atoms with Crippen LogP contribution in [0.1, 0.15) is 44.7 Å². The van der Waals surface area contributed by atoms with E-state index in [1.165, 1.54) is 4.90 Å². The second-order valence-electron chi connectivity index (χ2n) is 8.35. The van der Waals surface area contributed by atoms with Gasteiger partial charge in [-0.25, -0.2) is 8.42 Å². The van der Waals surface area contributed by atoms with Crippen molar-refractivity contribution in [2.24, 2.45) is 0 Å². The van der Waals surface area contributed by atoms with Crippen molar-refractivity contribution < 1.29 is 18.0 Å². The van der Waals surface area contributed by atoms with Crippen LogP contribution in [-0.2, 0) is 26.2 Å². The summed E-state index contributed by atoms with van der Waals surface area (Å²) in [6.45, 7) is 7.54. The third-order valence-electron chi connectivity index (χ3n) is 5.58. The zero-order valence-electron chi connectivity index (χ0n) is 20.1. The van der Waals surface area contributed by atoms with Crippen molar-refractivity contribution in [3.8, 4) is 0 Å². The standard InChI is InChI=1S/C25H35N3O4S/c1-6-20(4)26-25(30)23(7-2)27(17-21-15-13-19(3)14-16-21)24(29)18-28(33(5,31)32)22-11-9-8-10-12-22/h8-16,20,23H,6-7,17-18H2,1-5H3,(H,26,30)/t20-,23+/m0/s1. The number of sulfonamides is 1. The lowest BCUT2D eigenvalue weighted by molar-refractivity contribution is -0.140. The van der Waals surface area contributed by atoms with Gasteiger partial charge in [0.15, 0.2) is 0 Å². The molecular formula is C25H35N3O4S. The lowest BCUT2D eigenvalue weighted by Gasteiger charge is -2.33. The molecule has 0 bridgehead atoms. The summed E-state index contributed by atoms with van der Waals surface area (Å²) in [6, 6.07) is 15.5. The fourth-order valence-corrected chi connectivity index (χ4v) is 4.31. The van der Waals surface area contributed by atoms with Crippen molar-refractivity contribution in [1.82, 2.24) is 10.2 Å². The van der Waals surface area contributed by atoms with Gasteiger partial charge in [0.05, 0.1) is 11.9 Å². The molecule has 0 fully saturated rings. The van der Waals surface area contributed by atoms with Gasteiger partial charge >= 0.3 is 0 Å². The predicted octanol–water partition coefficient (Wildman–Crippen LogP) is 3.48. The van der Waals surface area contributed by atoms with Crippen LogP contribution in [0.15, 0.2) is 54.6 Å². The largest absolute Gasteiger partial charge is 0.352 e. The van der Waals surface area contributed by atoms with Crippen LogP contribution in [0.4, 0.5) is 5.69 Å². The summed E-state index contributed by atoms with van der Waals surface area (Å²) in [4.78, 5) is 28.1. The Morgan fingerprint density at radius 1 is 0.970 bits per heavy atom. The normalized spacial score (nSPS) is 13.1. The van der Waals surface area contributed by atoms with E-state index in [4.69, 9.17) is 0 Å². The Morgan fingerprint density at radius 2 is 1.58 bits per heavy atom. The Hall–Kier alpha value is -2.87. The molecule has 1 N–H and O–H groups in total. The molecule has 7 nitrogen and oxygen atoms in total. The summed E-state index contributed by atoms with van der Waals surface area (Å²) in [7, 11) is -3.72. The summed E-state index contributed by atoms with van der Waals surface area (Å²) in [5, 5.41) is 2.96. The maximum atomic E-state index is 13.5. The minimum atomic E-state index is -3.72. The minimum absolute atomic E-state index is 0.0280. The smallest absolute Gasteiger partial charge is 0.244 e. The molecule has 2 aromatic rings. The summed E-state index contributed by atoms with van der Waals surface area (Å²) in [6.07, 6.45) is 2.25. The molecule has 0 radical (unpaired) electrons. The van der Waals surface area contributed by atoms with Crippen molar-refractivity contribution in [3.63, 3.8) is 0 Å². The van der Waals surface area contributed by atoms with E-state index in [9.17, 15) is 18.0 Å². The lowest BCUT2D eigenvalue weighted by Crippen LogP contribution is -2.53. The first-order valence-electron chi connectivity index (χ1n) is 11.2. The molecule has 0 heterocycles. The molecule has 0 saturated carbocycles. The highest BCUT2D eigenvalue weighted by atomic mass is 32.2. The molecule has 180 valence electrons. The fraction of sp³-hybridized carbons (Fsp3) is 0.440. The Kier molecular flexibility index (Phi) is 9.46. The van der Waals surface area contributed by atoms with Gasteiger partial charge in [0.25, 0.3) is 0 Å². The van der Waals surface area contributed by atoms with E-state index in [0.29, 0.717) is 12.1 Å². The number of amides is 2. The van der Waals surface area contributed by atoms with Crippen LogP contribution >= 0.6 is 0 Å². The first-order chi connectivity index (χ1) is 15.6. The molecule has 0 aliphatic rings. The van der Waals surface area contributed by atoms with E-state index in [1.807, 2.05) is 52.0 Å². The van der Waals surface area contributed by atoms with Crippen LogP contribution in [-0.4, -0.2) is 50.0 Å². The summed E-state index contributed by atoms with van der Waals surface area (Å²) in [5.74, 6) is -0.672. The van der Waals surface area contributed by atoms with Gasteiger partial charge in [-0.1, -0.05) is 61.9 Å². The van der Waals surface area contributed by atoms with Crippen LogP contribution < -0.4 is 9.62 Å². The van der Waals surface area contributed by atoms with Crippen LogP contribution in [0.5, 0.6) is 0 Å². The molecule has 0 aliphatic heterocycles. The SMILES string of the molecule is CC[C@H](C(=O)N[C@@H](C)CC)N(Cc1ccc(C)cc1)C(=O)CN(c1ccccc1)S(C)(=O)=O. The monoisotopic (exact) mass is 473 g/mol. The van der Waals surface area contributed by atoms with Crippen LogP contribution in [0.2, 0.25) is 0 Å². The molecule has 0 spiro atoms. The van der Waals surface area contributed by atoms with Crippen LogP contribution in [0, 0.1) is 6.92 Å². The summed E-state index contributed by atoms with van der Waals surface area (Å²) >= 11 is 0. The van der Waals surface area contributed by atoms with E-state index in [-0.39, 0.29) is 25.0 Å². The van der Waals surface area contributed by atoms with Crippen molar-refractivity contribution in [2.45, 2.75) is 59.2 Å². The maximum Gasteiger partial charge on any atom is 0.244 e. The number of carbonyl (C=O) groups excluding carboxylic acids is 2. The molecule has 0 aliphatic carbocycles. The second kappa shape index (κ2) is 11.8. The second-order valence-corrected chi connectivity index (χ2v) is 10.3. The number of aryl methyl sites for hydroxylation is 1. The molecule has 33 heavy (non-hydrogen) atoms. The van der Waals surface area contributed by atoms with Crippen molar-refractivity contribution in [2.75, 3.05) is 17.1 Å². The van der Waals surface area contributed by atoms with Gasteiger partial charge in [-0.3, -0.25) is 13.9 Å². The van der Waals surface area contributed by atoms with Crippen molar-refractivity contribution in [1.29, 1.82) is 0 Å². The Labute approximate surface area is 197 Å². The fourth-order valence-electron chi connectivity index (χ4n) is 3.46. The van der Waals surface area contributed by atoms with Gasteiger partial charge < -0.3 is 10.2 Å². The number of carbonyl (C=O) groups is 2. The molecular weight excluding hydrogens is 438 g/mol. The highest BCUT2D eigenvalue weighted by Gasteiger charge is 2.32. The first-order valence-corrected chi connectivity index (χ1v) is 13.1. The number of hydrogen-bond acceptors (Lipinski definition) is 4. The molecule has 2 rings (SSSR count). The van der Waals surface area contributed by atoms with Gasteiger partial charge in [0, 0.05) is 12.6 Å². The van der Waals surface area contributed by atoms with E-state index >= 15 is 0 Å². The molecule has 0 aromatic heterocycles. The van der Waals surface area contributed by atoms with E-state index in [2.05, 4.69) is 5.32 Å². The third-order valence-corrected chi connectivity index (χ3v) is 6.72. The van der Waals surface area contributed by atoms with Crippen molar-refractivity contribution >= 4 is 27.5 Å². The molecule has 0 saturated heterocycles. The molecule has 8 heteroatoms. The number of nitrogens with one attached hydrogen (secondary N) is 1. The van der Waals surface area contributed by atoms with E-state index < -0.39 is 22.0 Å². The minimum Gasteiger partial charge on any atom is -0.352 e. The zero-order valence-corrected chi connectivity index (χ0v) is 20.9. The molecule has 2 aromatic carbocycles. The van der Waals surface area contributed by atoms with E-state index in [0.717, 1.165) is 28.1 Å². The zero-order chi connectivity index (χ0) is 24.6. The van der Waals surface area contributed by atoms with Crippen molar-refractivity contribution in [3.05, 3.63) is 65.7 Å². The van der Waals surface area contributed by atoms with Gasteiger partial charge in [-0.2, -0.15) is 0 Å². The first kappa shape index (κ1) is 26.4. The number of para-hydroxylation sites is 1. The highest BCUT2D eigenvalue weighted by molar-refractivity contribution is 7.92. The molecule has 0 unspecified atom stereocenters. The number of benzene rings is 2. The quantitative estimate of drug-likeness (QED) is 0.541. The summed E-state index contributed by atoms with van der Waals surface area (Å²) in [5.41, 5.74) is 2.36. The third kappa shape index (κ3) is 7.60. The Morgan fingerprint density at radius 3 is 2.09 bits per heavy atom. The average Bonchev–Trinajstić information content (AvgIpc) is 2.78. The number of anilines is 1. The number of hydrogen-bond donors (Lipinski definition) is 1. The van der Waals surface area contributed by atoms with Gasteiger partial charge in [-0.05, 0) is 44.4 Å².